The monoisotopic (exact) mass is 403 g/mol. The van der Waals surface area contributed by atoms with E-state index < -0.39 is 0 Å². The number of aromatic nitrogens is 2. The summed E-state index contributed by atoms with van der Waals surface area (Å²) in [5.74, 6) is 1.10. The van der Waals surface area contributed by atoms with Crippen LogP contribution < -0.4 is 5.32 Å². The van der Waals surface area contributed by atoms with Crippen molar-refractivity contribution in [2.24, 2.45) is 0 Å². The minimum Gasteiger partial charge on any atom is -0.465 e. The minimum atomic E-state index is -0.357. The van der Waals surface area contributed by atoms with Gasteiger partial charge in [0, 0.05) is 17.0 Å². The number of carbonyl (C=O) groups is 1. The third kappa shape index (κ3) is 4.12. The Bertz CT molecular complexity index is 1140. The molecule has 0 aliphatic rings. The molecule has 2 aromatic heterocycles. The van der Waals surface area contributed by atoms with Crippen LogP contribution in [0.4, 0.5) is 5.82 Å². The highest BCUT2D eigenvalue weighted by atomic mass is 32.1. The number of benzene rings is 2. The summed E-state index contributed by atoms with van der Waals surface area (Å²) in [7, 11) is 1.38. The molecule has 0 fully saturated rings. The second-order valence-electron chi connectivity index (χ2n) is 6.59. The van der Waals surface area contributed by atoms with Crippen LogP contribution in [0.5, 0.6) is 0 Å². The van der Waals surface area contributed by atoms with Gasteiger partial charge < -0.3 is 10.1 Å². The topological polar surface area (TPSA) is 64.1 Å². The lowest BCUT2D eigenvalue weighted by Gasteiger charge is -2.09. The molecular weight excluding hydrogens is 382 g/mol. The average molecular weight is 404 g/mol. The molecule has 0 aliphatic heterocycles. The molecule has 4 rings (SSSR count). The zero-order valence-electron chi connectivity index (χ0n) is 16.3. The summed E-state index contributed by atoms with van der Waals surface area (Å²) in [4.78, 5) is 23.5. The number of hydrogen-bond acceptors (Lipinski definition) is 6. The summed E-state index contributed by atoms with van der Waals surface area (Å²) < 4.78 is 4.77. The second kappa shape index (κ2) is 8.41. The van der Waals surface area contributed by atoms with E-state index >= 15 is 0 Å². The average Bonchev–Trinajstić information content (AvgIpc) is 3.21. The number of carbonyl (C=O) groups excluding carboxylic acids is 1. The largest absolute Gasteiger partial charge is 0.465 e. The predicted molar refractivity (Wildman–Crippen MR) is 117 cm³/mol. The molecule has 0 radical (unpaired) electrons. The van der Waals surface area contributed by atoms with Crippen molar-refractivity contribution in [1.82, 2.24) is 9.97 Å². The normalized spacial score (nSPS) is 10.8. The molecule has 0 spiro atoms. The minimum absolute atomic E-state index is 0.357. The van der Waals surface area contributed by atoms with Gasteiger partial charge in [0.05, 0.1) is 18.1 Å². The standard InChI is InChI=1S/C23H21N3O2S/c1-3-18-13-19-21(24-14-15-7-5-4-6-8-15)25-20(26-22(19)29-18)16-9-11-17(12-10-16)23(27)28-2/h4-13H,3,14H2,1-2H3,(H,24,25,26). The molecule has 0 saturated carbocycles. The Morgan fingerprint density at radius 3 is 2.52 bits per heavy atom. The van der Waals surface area contributed by atoms with E-state index in [-0.39, 0.29) is 5.97 Å². The molecule has 146 valence electrons. The molecule has 0 atom stereocenters. The number of thiophene rings is 1. The van der Waals surface area contributed by atoms with Crippen LogP contribution in [-0.2, 0) is 17.7 Å². The van der Waals surface area contributed by atoms with E-state index in [0.717, 1.165) is 28.0 Å². The van der Waals surface area contributed by atoms with Gasteiger partial charge >= 0.3 is 5.97 Å². The summed E-state index contributed by atoms with van der Waals surface area (Å²) in [6.07, 6.45) is 0.961. The SMILES string of the molecule is CCc1cc2c(NCc3ccccc3)nc(-c3ccc(C(=O)OC)cc3)nc2s1. The van der Waals surface area contributed by atoms with Crippen LogP contribution in [0.1, 0.15) is 27.7 Å². The Kier molecular flexibility index (Phi) is 5.53. The van der Waals surface area contributed by atoms with Gasteiger partial charge in [0.15, 0.2) is 5.82 Å². The summed E-state index contributed by atoms with van der Waals surface area (Å²) in [5.41, 5.74) is 2.55. The first-order valence-electron chi connectivity index (χ1n) is 9.45. The Morgan fingerprint density at radius 1 is 1.07 bits per heavy atom. The van der Waals surface area contributed by atoms with E-state index in [4.69, 9.17) is 14.7 Å². The molecule has 2 aromatic carbocycles. The highest BCUT2D eigenvalue weighted by Gasteiger charge is 2.13. The molecule has 0 amide bonds. The second-order valence-corrected chi connectivity index (χ2v) is 7.70. The number of hydrogen-bond donors (Lipinski definition) is 1. The third-order valence-electron chi connectivity index (χ3n) is 4.66. The van der Waals surface area contributed by atoms with Crippen molar-refractivity contribution >= 4 is 33.3 Å². The molecule has 29 heavy (non-hydrogen) atoms. The van der Waals surface area contributed by atoms with Crippen molar-refractivity contribution < 1.29 is 9.53 Å². The van der Waals surface area contributed by atoms with Gasteiger partial charge in [0.1, 0.15) is 10.6 Å². The van der Waals surface area contributed by atoms with Crippen molar-refractivity contribution in [3.05, 3.63) is 76.7 Å². The first-order chi connectivity index (χ1) is 14.2. The molecule has 0 aliphatic carbocycles. The Morgan fingerprint density at radius 2 is 1.83 bits per heavy atom. The first-order valence-corrected chi connectivity index (χ1v) is 10.3. The first kappa shape index (κ1) is 19.1. The van der Waals surface area contributed by atoms with Gasteiger partial charge in [0.25, 0.3) is 0 Å². The summed E-state index contributed by atoms with van der Waals surface area (Å²) in [6.45, 7) is 2.83. The number of methoxy groups -OCH3 is 1. The van der Waals surface area contributed by atoms with Crippen LogP contribution in [-0.4, -0.2) is 23.0 Å². The highest BCUT2D eigenvalue weighted by molar-refractivity contribution is 7.18. The number of rotatable bonds is 6. The van der Waals surface area contributed by atoms with Crippen molar-refractivity contribution in [2.75, 3.05) is 12.4 Å². The maximum atomic E-state index is 11.7. The van der Waals surface area contributed by atoms with E-state index in [9.17, 15) is 4.79 Å². The van der Waals surface area contributed by atoms with Gasteiger partial charge in [-0.15, -0.1) is 11.3 Å². The van der Waals surface area contributed by atoms with Crippen molar-refractivity contribution in [3.63, 3.8) is 0 Å². The number of aryl methyl sites for hydroxylation is 1. The van der Waals surface area contributed by atoms with E-state index in [0.29, 0.717) is 17.9 Å². The molecule has 2 heterocycles. The Hall–Kier alpha value is -3.25. The molecule has 6 heteroatoms. The fourth-order valence-electron chi connectivity index (χ4n) is 3.06. The lowest BCUT2D eigenvalue weighted by Crippen LogP contribution is -2.04. The van der Waals surface area contributed by atoms with Crippen LogP contribution in [0.3, 0.4) is 0 Å². The van der Waals surface area contributed by atoms with Gasteiger partial charge in [0.2, 0.25) is 0 Å². The summed E-state index contributed by atoms with van der Waals surface area (Å²) >= 11 is 1.69. The third-order valence-corrected chi connectivity index (χ3v) is 5.83. The lowest BCUT2D eigenvalue weighted by atomic mass is 10.1. The molecule has 0 unspecified atom stereocenters. The smallest absolute Gasteiger partial charge is 0.337 e. The van der Waals surface area contributed by atoms with Gasteiger partial charge in [-0.3, -0.25) is 0 Å². The van der Waals surface area contributed by atoms with Crippen LogP contribution in [0.25, 0.3) is 21.6 Å². The van der Waals surface area contributed by atoms with E-state index in [1.807, 2.05) is 30.3 Å². The maximum Gasteiger partial charge on any atom is 0.337 e. The Balaban J connectivity index is 1.71. The molecule has 4 aromatic rings. The maximum absolute atomic E-state index is 11.7. The number of fused-ring (bicyclic) bond motifs is 1. The number of nitrogens with zero attached hydrogens (tertiary/aromatic N) is 2. The van der Waals surface area contributed by atoms with Crippen LogP contribution in [0.2, 0.25) is 0 Å². The van der Waals surface area contributed by atoms with Crippen LogP contribution >= 0.6 is 11.3 Å². The van der Waals surface area contributed by atoms with Gasteiger partial charge in [-0.25, -0.2) is 14.8 Å². The van der Waals surface area contributed by atoms with Crippen molar-refractivity contribution in [2.45, 2.75) is 19.9 Å². The number of ether oxygens (including phenoxy) is 1. The zero-order valence-corrected chi connectivity index (χ0v) is 17.1. The fourth-order valence-corrected chi connectivity index (χ4v) is 4.03. The molecule has 1 N–H and O–H groups in total. The van der Waals surface area contributed by atoms with E-state index in [2.05, 4.69) is 30.4 Å². The molecule has 5 nitrogen and oxygen atoms in total. The highest BCUT2D eigenvalue weighted by Crippen LogP contribution is 2.32. The number of anilines is 1. The van der Waals surface area contributed by atoms with Gasteiger partial charge in [-0.1, -0.05) is 49.4 Å². The Labute approximate surface area is 173 Å². The van der Waals surface area contributed by atoms with Crippen molar-refractivity contribution in [3.8, 4) is 11.4 Å². The fraction of sp³-hybridized carbons (Fsp3) is 0.174. The predicted octanol–water partition coefficient (Wildman–Crippen LogP) is 5.32. The molecule has 0 saturated heterocycles. The number of nitrogens with one attached hydrogen (secondary N) is 1. The summed E-state index contributed by atoms with van der Waals surface area (Å²) in [5, 5.41) is 4.51. The zero-order chi connectivity index (χ0) is 20.2. The van der Waals surface area contributed by atoms with Gasteiger partial charge in [-0.05, 0) is 30.2 Å². The van der Waals surface area contributed by atoms with E-state index in [1.165, 1.54) is 17.6 Å². The van der Waals surface area contributed by atoms with Crippen molar-refractivity contribution in [1.29, 1.82) is 0 Å². The lowest BCUT2D eigenvalue weighted by molar-refractivity contribution is 0.0601. The van der Waals surface area contributed by atoms with Gasteiger partial charge in [-0.2, -0.15) is 0 Å². The quantitative estimate of drug-likeness (QED) is 0.442. The number of esters is 1. The summed E-state index contributed by atoms with van der Waals surface area (Å²) in [6, 6.07) is 19.6. The molecule has 0 bridgehead atoms. The van der Waals surface area contributed by atoms with Crippen LogP contribution in [0.15, 0.2) is 60.7 Å². The van der Waals surface area contributed by atoms with Crippen LogP contribution in [0, 0.1) is 0 Å². The van der Waals surface area contributed by atoms with E-state index in [1.54, 1.807) is 23.5 Å². The molecular formula is C23H21N3O2S.